The van der Waals surface area contributed by atoms with Crippen LogP contribution in [0.4, 0.5) is 0 Å². The Balaban J connectivity index is 2.09. The van der Waals surface area contributed by atoms with E-state index in [0.717, 1.165) is 12.2 Å². The van der Waals surface area contributed by atoms with Crippen molar-refractivity contribution >= 4 is 5.91 Å². The molecule has 1 fully saturated rings. The summed E-state index contributed by atoms with van der Waals surface area (Å²) in [5.41, 5.74) is 5.75. The molecule has 1 atom stereocenters. The lowest BCUT2D eigenvalue weighted by Crippen LogP contribution is -2.32. The molecule has 1 saturated heterocycles. The van der Waals surface area contributed by atoms with Crippen molar-refractivity contribution < 1.29 is 4.79 Å². The molecular formula is C10H17N5O. The molecule has 1 aromatic rings. The van der Waals surface area contributed by atoms with Crippen LogP contribution in [0.3, 0.4) is 0 Å². The minimum absolute atomic E-state index is 0.0902. The number of likely N-dealkylation sites (tertiary alicyclic amines) is 1. The summed E-state index contributed by atoms with van der Waals surface area (Å²) in [5.74, 6) is 1.11. The van der Waals surface area contributed by atoms with E-state index in [1.54, 1.807) is 4.90 Å². The molecule has 0 spiro atoms. The van der Waals surface area contributed by atoms with Gasteiger partial charge in [0.05, 0.1) is 0 Å². The van der Waals surface area contributed by atoms with Gasteiger partial charge in [0.2, 0.25) is 5.82 Å². The zero-order valence-electron chi connectivity index (χ0n) is 9.60. The van der Waals surface area contributed by atoms with Gasteiger partial charge in [-0.2, -0.15) is 0 Å². The highest BCUT2D eigenvalue weighted by atomic mass is 16.2. The third-order valence-corrected chi connectivity index (χ3v) is 2.75. The Labute approximate surface area is 94.2 Å². The molecule has 0 aliphatic carbocycles. The number of nitrogens with two attached hydrogens (primary N) is 1. The SMILES string of the molecule is CC(C)c1nc(C(=O)N2CC[C@H](N)C2)n[nH]1. The molecule has 1 amide bonds. The zero-order valence-corrected chi connectivity index (χ0v) is 9.60. The molecule has 2 heterocycles. The monoisotopic (exact) mass is 223 g/mol. The van der Waals surface area contributed by atoms with E-state index in [1.165, 1.54) is 0 Å². The van der Waals surface area contributed by atoms with Crippen LogP contribution in [0.2, 0.25) is 0 Å². The van der Waals surface area contributed by atoms with Crippen molar-refractivity contribution in [2.45, 2.75) is 32.2 Å². The predicted molar refractivity (Wildman–Crippen MR) is 59.0 cm³/mol. The van der Waals surface area contributed by atoms with E-state index in [9.17, 15) is 4.79 Å². The van der Waals surface area contributed by atoms with Crippen molar-refractivity contribution in [1.82, 2.24) is 20.1 Å². The Hall–Kier alpha value is -1.43. The largest absolute Gasteiger partial charge is 0.334 e. The molecule has 6 heteroatoms. The van der Waals surface area contributed by atoms with Gasteiger partial charge >= 0.3 is 0 Å². The van der Waals surface area contributed by atoms with Crippen molar-refractivity contribution in [2.75, 3.05) is 13.1 Å². The first kappa shape index (κ1) is 11.1. The van der Waals surface area contributed by atoms with Crippen molar-refractivity contribution in [3.8, 4) is 0 Å². The van der Waals surface area contributed by atoms with Crippen molar-refractivity contribution in [3.05, 3.63) is 11.6 Å². The van der Waals surface area contributed by atoms with Gasteiger partial charge in [0.15, 0.2) is 0 Å². The molecule has 6 nitrogen and oxygen atoms in total. The Morgan fingerprint density at radius 2 is 2.38 bits per heavy atom. The number of nitrogens with one attached hydrogen (secondary N) is 1. The number of carbonyl (C=O) groups is 1. The number of hydrogen-bond acceptors (Lipinski definition) is 4. The minimum Gasteiger partial charge on any atom is -0.334 e. The van der Waals surface area contributed by atoms with E-state index in [-0.39, 0.29) is 23.7 Å². The van der Waals surface area contributed by atoms with Gasteiger partial charge in [-0.3, -0.25) is 9.89 Å². The van der Waals surface area contributed by atoms with Gasteiger partial charge in [0, 0.05) is 25.0 Å². The van der Waals surface area contributed by atoms with Gasteiger partial charge in [-0.15, -0.1) is 5.10 Å². The standard InChI is InChI=1S/C10H17N5O/c1-6(2)8-12-9(14-13-8)10(16)15-4-3-7(11)5-15/h6-7H,3-5,11H2,1-2H3,(H,12,13,14)/t7-/m0/s1. The number of hydrogen-bond donors (Lipinski definition) is 2. The highest BCUT2D eigenvalue weighted by Crippen LogP contribution is 2.12. The van der Waals surface area contributed by atoms with Gasteiger partial charge in [-0.1, -0.05) is 13.8 Å². The van der Waals surface area contributed by atoms with Crippen LogP contribution in [-0.2, 0) is 0 Å². The minimum atomic E-state index is -0.129. The van der Waals surface area contributed by atoms with Crippen LogP contribution >= 0.6 is 0 Å². The molecule has 0 saturated carbocycles. The number of amides is 1. The van der Waals surface area contributed by atoms with Gasteiger partial charge in [-0.25, -0.2) is 4.98 Å². The van der Waals surface area contributed by atoms with Crippen LogP contribution in [0.1, 0.15) is 42.6 Å². The van der Waals surface area contributed by atoms with E-state index < -0.39 is 0 Å². The second-order valence-electron chi connectivity index (χ2n) is 4.50. The lowest BCUT2D eigenvalue weighted by Gasteiger charge is -2.12. The second kappa shape index (κ2) is 4.21. The van der Waals surface area contributed by atoms with Gasteiger partial charge in [0.25, 0.3) is 5.91 Å². The molecular weight excluding hydrogens is 206 g/mol. The summed E-state index contributed by atoms with van der Waals surface area (Å²) in [6, 6.07) is 0.0902. The Morgan fingerprint density at radius 1 is 1.62 bits per heavy atom. The molecule has 0 aromatic carbocycles. The molecule has 88 valence electrons. The van der Waals surface area contributed by atoms with E-state index >= 15 is 0 Å². The van der Waals surface area contributed by atoms with E-state index in [2.05, 4.69) is 15.2 Å². The van der Waals surface area contributed by atoms with Gasteiger partial charge in [-0.05, 0) is 6.42 Å². The van der Waals surface area contributed by atoms with Crippen molar-refractivity contribution in [3.63, 3.8) is 0 Å². The molecule has 0 radical (unpaired) electrons. The summed E-state index contributed by atoms with van der Waals surface area (Å²) >= 11 is 0. The summed E-state index contributed by atoms with van der Waals surface area (Å²) < 4.78 is 0. The quantitative estimate of drug-likeness (QED) is 0.744. The van der Waals surface area contributed by atoms with Crippen LogP contribution in [0, 0.1) is 0 Å². The normalized spacial score (nSPS) is 20.8. The summed E-state index contributed by atoms with van der Waals surface area (Å²) in [6.45, 7) is 5.30. The zero-order chi connectivity index (χ0) is 11.7. The predicted octanol–water partition coefficient (Wildman–Crippen LogP) is 0.101. The number of aromatic amines is 1. The summed E-state index contributed by atoms with van der Waals surface area (Å²) in [6.07, 6.45) is 0.854. The molecule has 2 rings (SSSR count). The first-order valence-electron chi connectivity index (χ1n) is 5.55. The Kier molecular flexibility index (Phi) is 2.91. The number of aromatic nitrogens is 3. The molecule has 0 bridgehead atoms. The van der Waals surface area contributed by atoms with E-state index in [4.69, 9.17) is 5.73 Å². The average molecular weight is 223 g/mol. The molecule has 1 aliphatic heterocycles. The summed E-state index contributed by atoms with van der Waals surface area (Å²) in [4.78, 5) is 17.8. The maximum Gasteiger partial charge on any atom is 0.293 e. The topological polar surface area (TPSA) is 87.9 Å². The van der Waals surface area contributed by atoms with E-state index in [0.29, 0.717) is 13.1 Å². The van der Waals surface area contributed by atoms with Crippen LogP contribution in [0.5, 0.6) is 0 Å². The van der Waals surface area contributed by atoms with Gasteiger partial charge < -0.3 is 10.6 Å². The van der Waals surface area contributed by atoms with E-state index in [1.807, 2.05) is 13.8 Å². The van der Waals surface area contributed by atoms with Crippen LogP contribution in [0.15, 0.2) is 0 Å². The smallest absolute Gasteiger partial charge is 0.293 e. The maximum absolute atomic E-state index is 12.0. The van der Waals surface area contributed by atoms with Gasteiger partial charge in [0.1, 0.15) is 5.82 Å². The number of rotatable bonds is 2. The Bertz CT molecular complexity index is 386. The number of carbonyl (C=O) groups excluding carboxylic acids is 1. The third kappa shape index (κ3) is 2.06. The second-order valence-corrected chi connectivity index (χ2v) is 4.50. The van der Waals surface area contributed by atoms with Crippen LogP contribution in [-0.4, -0.2) is 45.1 Å². The molecule has 16 heavy (non-hydrogen) atoms. The summed E-state index contributed by atoms with van der Waals surface area (Å²) in [7, 11) is 0. The highest BCUT2D eigenvalue weighted by Gasteiger charge is 2.27. The lowest BCUT2D eigenvalue weighted by atomic mass is 10.2. The van der Waals surface area contributed by atoms with Crippen LogP contribution < -0.4 is 5.73 Å². The fourth-order valence-electron chi connectivity index (χ4n) is 1.74. The fourth-order valence-corrected chi connectivity index (χ4v) is 1.74. The molecule has 0 unspecified atom stereocenters. The Morgan fingerprint density at radius 3 is 2.88 bits per heavy atom. The average Bonchev–Trinajstić information content (AvgIpc) is 2.84. The number of H-pyrrole nitrogens is 1. The summed E-state index contributed by atoms with van der Waals surface area (Å²) in [5, 5.41) is 6.72. The fraction of sp³-hybridized carbons (Fsp3) is 0.700. The molecule has 1 aliphatic rings. The molecule has 1 aromatic heterocycles. The van der Waals surface area contributed by atoms with Crippen molar-refractivity contribution in [2.24, 2.45) is 5.73 Å². The maximum atomic E-state index is 12.0. The first-order chi connectivity index (χ1) is 7.58. The number of nitrogens with zero attached hydrogens (tertiary/aromatic N) is 3. The van der Waals surface area contributed by atoms with Crippen LogP contribution in [0.25, 0.3) is 0 Å². The third-order valence-electron chi connectivity index (χ3n) is 2.75. The van der Waals surface area contributed by atoms with Crippen molar-refractivity contribution in [1.29, 1.82) is 0 Å². The lowest BCUT2D eigenvalue weighted by molar-refractivity contribution is 0.0779. The first-order valence-corrected chi connectivity index (χ1v) is 5.55. The highest BCUT2D eigenvalue weighted by molar-refractivity contribution is 5.90. The molecule has 3 N–H and O–H groups in total.